The van der Waals surface area contributed by atoms with Crippen molar-refractivity contribution in [3.63, 3.8) is 0 Å². The number of aromatic amines is 1. The highest BCUT2D eigenvalue weighted by molar-refractivity contribution is 7.52. The number of aromatic nitrogens is 10. The molecule has 1 saturated heterocycles. The molecule has 0 aliphatic carbocycles. The highest BCUT2D eigenvalue weighted by atomic mass is 31.2. The van der Waals surface area contributed by atoms with Gasteiger partial charge in [0.05, 0.1) is 26.0 Å². The van der Waals surface area contributed by atoms with Crippen molar-refractivity contribution in [2.45, 2.75) is 121 Å². The van der Waals surface area contributed by atoms with Gasteiger partial charge < -0.3 is 40.8 Å². The molecule has 0 saturated carbocycles. The van der Waals surface area contributed by atoms with Crippen LogP contribution in [-0.2, 0) is 32.6 Å². The number of H-pyrrole nitrogens is 1. The van der Waals surface area contributed by atoms with Gasteiger partial charge in [-0.25, -0.2) is 20.9 Å². The van der Waals surface area contributed by atoms with Crippen molar-refractivity contribution in [3.05, 3.63) is 57.9 Å². The number of anilines is 2. The number of imidazole rings is 1. The maximum absolute atomic E-state index is 12.8. The molecule has 6 rings (SSSR count). The average molecular weight is 826 g/mol. The first-order valence-electron chi connectivity index (χ1n) is 19.7. The van der Waals surface area contributed by atoms with Gasteiger partial charge in [0.25, 0.3) is 0 Å². The summed E-state index contributed by atoms with van der Waals surface area (Å²) in [7, 11) is -4.01. The number of hydrogen-bond donors (Lipinski definition) is 6. The molecule has 0 bridgehead atoms. The molecule has 0 aromatic carbocycles. The summed E-state index contributed by atoms with van der Waals surface area (Å²) in [5, 5.41) is 34.2. The molecule has 1 fully saturated rings. The standard InChI is InChI=1S/C36H52N13O8P/c1-3-4-18-55-34-43-32(38)28-33(44-34)48(35(52)42-28)21-24-20-47(46-45-24)17-13-11-9-7-5-6-8-10-12-14-19-58(53,54)56-22-26-29(50)30(51)36(39-2,57-26)27-16-15-25-31(37)40-23-41-49(25)27/h15-16,20,23,26,29-30,50-51H,3-14,17-19,21-22H2,1H3,(H,42,52)(H,53,54)(H2,37,40,41)(H2,38,43,44)/t26-,29-,30-,36+/m0/s1. The van der Waals surface area contributed by atoms with Crippen LogP contribution in [0.4, 0.5) is 11.6 Å². The lowest BCUT2D eigenvalue weighted by Gasteiger charge is -2.19. The number of nitrogens with zero attached hydrogens (tertiary/aromatic N) is 10. The Labute approximate surface area is 334 Å². The van der Waals surface area contributed by atoms with Gasteiger partial charge in [-0.2, -0.15) is 15.1 Å². The molecule has 0 radical (unpaired) electrons. The molecule has 6 heterocycles. The zero-order valence-corrected chi connectivity index (χ0v) is 33.4. The normalized spacial score (nSPS) is 20.5. The van der Waals surface area contributed by atoms with Gasteiger partial charge in [0.2, 0.25) is 0 Å². The molecular weight excluding hydrogens is 773 g/mol. The van der Waals surface area contributed by atoms with Crippen LogP contribution in [0.5, 0.6) is 6.01 Å². The van der Waals surface area contributed by atoms with Gasteiger partial charge in [-0.1, -0.05) is 69.9 Å². The van der Waals surface area contributed by atoms with E-state index in [4.69, 9.17) is 32.0 Å². The van der Waals surface area contributed by atoms with Crippen LogP contribution in [0.2, 0.25) is 0 Å². The van der Waals surface area contributed by atoms with Crippen molar-refractivity contribution >= 4 is 35.9 Å². The average Bonchev–Trinajstić information content (AvgIpc) is 3.98. The van der Waals surface area contributed by atoms with Crippen molar-refractivity contribution in [3.8, 4) is 6.01 Å². The van der Waals surface area contributed by atoms with Crippen molar-refractivity contribution in [1.82, 2.24) is 49.1 Å². The van der Waals surface area contributed by atoms with Crippen LogP contribution in [0, 0.1) is 6.57 Å². The van der Waals surface area contributed by atoms with Crippen LogP contribution >= 0.6 is 7.60 Å². The third-order valence-electron chi connectivity index (χ3n) is 10.2. The number of unbranched alkanes of at least 4 members (excludes halogenated alkanes) is 10. The second-order valence-corrected chi connectivity index (χ2v) is 16.5. The molecule has 5 atom stereocenters. The minimum atomic E-state index is -4.01. The second-order valence-electron chi connectivity index (χ2n) is 14.5. The lowest BCUT2D eigenvalue weighted by Crippen LogP contribution is -2.39. The van der Waals surface area contributed by atoms with E-state index in [0.717, 1.165) is 70.6 Å². The number of aryl methyl sites for hydroxylation is 1. The summed E-state index contributed by atoms with van der Waals surface area (Å²) < 4.78 is 34.0. The van der Waals surface area contributed by atoms with Gasteiger partial charge in [0, 0.05) is 12.7 Å². The van der Waals surface area contributed by atoms with Crippen LogP contribution in [0.3, 0.4) is 0 Å². The number of nitrogen functional groups attached to an aromatic ring is 2. The Balaban J connectivity index is 0.823. The minimum Gasteiger partial charge on any atom is -0.463 e. The topological polar surface area (TPSA) is 286 Å². The number of fused-ring (bicyclic) bond motifs is 2. The summed E-state index contributed by atoms with van der Waals surface area (Å²) in [5.74, 6) is 0.304. The van der Waals surface area contributed by atoms with Gasteiger partial charge in [-0.05, 0) is 31.4 Å². The van der Waals surface area contributed by atoms with E-state index < -0.39 is 38.2 Å². The fourth-order valence-corrected chi connectivity index (χ4v) is 8.14. The third kappa shape index (κ3) is 9.82. The minimum absolute atomic E-state index is 0.0554. The van der Waals surface area contributed by atoms with Crippen molar-refractivity contribution < 1.29 is 33.7 Å². The quantitative estimate of drug-likeness (QED) is 0.0313. The van der Waals surface area contributed by atoms with Crippen molar-refractivity contribution in [2.75, 3.05) is 30.8 Å². The second kappa shape index (κ2) is 19.2. The van der Waals surface area contributed by atoms with Crippen LogP contribution in [0.25, 0.3) is 21.5 Å². The van der Waals surface area contributed by atoms with E-state index >= 15 is 0 Å². The molecule has 0 spiro atoms. The lowest BCUT2D eigenvalue weighted by atomic mass is 10.0. The number of ether oxygens (including phenoxy) is 2. The molecule has 1 aliphatic rings. The number of aliphatic hydroxyl groups excluding tert-OH is 2. The fourth-order valence-electron chi connectivity index (χ4n) is 7.01. The molecule has 1 unspecified atom stereocenters. The van der Waals surface area contributed by atoms with Crippen molar-refractivity contribution in [2.24, 2.45) is 0 Å². The molecule has 21 nitrogen and oxygen atoms in total. The largest absolute Gasteiger partial charge is 0.463 e. The number of aliphatic hydroxyl groups is 2. The highest BCUT2D eigenvalue weighted by Gasteiger charge is 2.63. The first kappa shape index (κ1) is 42.6. The number of hydrogen-bond acceptors (Lipinski definition) is 15. The first-order valence-corrected chi connectivity index (χ1v) is 21.5. The Kier molecular flexibility index (Phi) is 14.1. The predicted molar refractivity (Wildman–Crippen MR) is 211 cm³/mol. The number of nitrogens with two attached hydrogens (primary N) is 2. The van der Waals surface area contributed by atoms with E-state index in [1.807, 2.05) is 6.20 Å². The van der Waals surface area contributed by atoms with Gasteiger partial charge in [0.15, 0.2) is 29.1 Å². The molecule has 8 N–H and O–H groups in total. The van der Waals surface area contributed by atoms with E-state index in [2.05, 4.69) is 47.1 Å². The first-order chi connectivity index (χ1) is 28.0. The Bertz CT molecular complexity index is 2290. The van der Waals surface area contributed by atoms with Crippen LogP contribution in [-0.4, -0.2) is 102 Å². The molecule has 1 aliphatic heterocycles. The van der Waals surface area contributed by atoms with Gasteiger partial charge in [0.1, 0.15) is 35.3 Å². The maximum Gasteiger partial charge on any atom is 0.409 e. The van der Waals surface area contributed by atoms with Crippen LogP contribution in [0.1, 0.15) is 95.4 Å². The number of nitrogens with one attached hydrogen (secondary N) is 1. The third-order valence-corrected chi connectivity index (χ3v) is 11.7. The van der Waals surface area contributed by atoms with Crippen LogP contribution in [0.15, 0.2) is 29.5 Å². The molecular formula is C36H52N13O8P. The summed E-state index contributed by atoms with van der Waals surface area (Å²) in [4.78, 5) is 41.8. The summed E-state index contributed by atoms with van der Waals surface area (Å²) in [5.41, 5.74) is 11.4. The maximum atomic E-state index is 12.8. The summed E-state index contributed by atoms with van der Waals surface area (Å²) in [6, 6.07) is 3.20. The number of rotatable bonds is 23. The van der Waals surface area contributed by atoms with Gasteiger partial charge in [-0.15, -0.1) is 5.10 Å². The van der Waals surface area contributed by atoms with Crippen LogP contribution < -0.4 is 21.9 Å². The Morgan fingerprint density at radius 1 is 1.03 bits per heavy atom. The van der Waals surface area contributed by atoms with E-state index in [1.165, 1.54) is 21.5 Å². The molecule has 5 aromatic rings. The van der Waals surface area contributed by atoms with E-state index in [1.54, 1.807) is 10.7 Å². The fraction of sp³-hybridized carbons (Fsp3) is 0.611. The molecule has 314 valence electrons. The summed E-state index contributed by atoms with van der Waals surface area (Å²) in [6.07, 6.45) is 9.92. The SMILES string of the molecule is [C-]#[N+][C@]1(c2ccc3c(N)ncnn23)O[C@@H](COP(=O)(O)CCCCCCCCCCCCn2cc(Cn3c(=O)[nH]c4c(N)nc(OCCCC)nc43)nn2)[C@H](O)[C@@H]1O. The molecule has 0 amide bonds. The summed E-state index contributed by atoms with van der Waals surface area (Å²) in [6.45, 7) is 10.7. The smallest absolute Gasteiger partial charge is 0.409 e. The monoisotopic (exact) mass is 825 g/mol. The highest BCUT2D eigenvalue weighted by Crippen LogP contribution is 2.46. The zero-order valence-electron chi connectivity index (χ0n) is 32.5. The van der Waals surface area contributed by atoms with Gasteiger partial charge >= 0.3 is 25.0 Å². The van der Waals surface area contributed by atoms with E-state index in [-0.39, 0.29) is 41.7 Å². The Morgan fingerprint density at radius 2 is 1.76 bits per heavy atom. The molecule has 5 aromatic heterocycles. The lowest BCUT2D eigenvalue weighted by molar-refractivity contribution is -0.0689. The van der Waals surface area contributed by atoms with E-state index in [9.17, 15) is 24.5 Å². The van der Waals surface area contributed by atoms with Gasteiger partial charge in [-0.3, -0.25) is 23.4 Å². The van der Waals surface area contributed by atoms with Crippen molar-refractivity contribution in [1.29, 1.82) is 0 Å². The summed E-state index contributed by atoms with van der Waals surface area (Å²) >= 11 is 0. The Hall–Kier alpha value is -4.97. The molecule has 22 heteroatoms. The van der Waals surface area contributed by atoms with E-state index in [0.29, 0.717) is 41.9 Å². The Morgan fingerprint density at radius 3 is 2.48 bits per heavy atom. The zero-order chi connectivity index (χ0) is 41.3. The molecule has 58 heavy (non-hydrogen) atoms. The predicted octanol–water partition coefficient (Wildman–Crippen LogP) is 3.14.